The van der Waals surface area contributed by atoms with Crippen molar-refractivity contribution in [3.8, 4) is 16.8 Å². The Balaban J connectivity index is 1.03. The zero-order chi connectivity index (χ0) is 47.7. The average Bonchev–Trinajstić information content (AvgIpc) is 3.98. The molecule has 1 aliphatic rings. The summed E-state index contributed by atoms with van der Waals surface area (Å²) in [5.41, 5.74) is 11.5. The average molecular weight is 862 g/mol. The van der Waals surface area contributed by atoms with Gasteiger partial charge in [0.1, 0.15) is 0 Å². The van der Waals surface area contributed by atoms with Gasteiger partial charge in [-0.15, -0.1) is 11.3 Å². The number of fused-ring (bicyclic) bond motifs is 14. The van der Waals surface area contributed by atoms with E-state index in [1.807, 2.05) is 35.6 Å². The van der Waals surface area contributed by atoms with Gasteiger partial charge >= 0.3 is 0 Å². The normalized spacial score (nSPS) is 14.3. The highest BCUT2D eigenvalue weighted by atomic mass is 32.1. The molecule has 0 atom stereocenters. The van der Waals surface area contributed by atoms with E-state index in [4.69, 9.17) is 6.85 Å². The maximum Gasteiger partial charge on any atom is 0.0742 e. The fraction of sp³-hybridized carbons (Fsp3) is 0.0159. The quantitative estimate of drug-likeness (QED) is 0.157. The van der Waals surface area contributed by atoms with Gasteiger partial charge in [0.25, 0.3) is 0 Å². The van der Waals surface area contributed by atoms with Gasteiger partial charge < -0.3 is 9.47 Å². The first-order chi connectivity index (χ1) is 34.8. The lowest BCUT2D eigenvalue weighted by atomic mass is 9.62. The molecule has 0 unspecified atom stereocenters. The highest BCUT2D eigenvalue weighted by Gasteiger charge is 2.46. The molecule has 0 spiro atoms. The Labute approximate surface area is 393 Å². The van der Waals surface area contributed by atoms with Gasteiger partial charge in [-0.1, -0.05) is 194 Å². The number of thiophene rings is 1. The molecule has 0 radical (unpaired) electrons. The van der Waals surface area contributed by atoms with Crippen molar-refractivity contribution < 1.29 is 6.85 Å². The number of anilines is 3. The second-order valence-corrected chi connectivity index (χ2v) is 18.2. The standard InChI is InChI=1S/C63H40N2S/c1-4-18-41(19-5-1)42-32-34-45(35-33-42)65-55-29-15-12-24-47(55)49-37-38-51-59(61(49)65)48-25-10-11-26-50(48)62-60(51)52-40-46(36-39-58(52)66-62)64-56-30-16-13-27-53(56)63(43-20-6-2-7-21-43,44-22-8-3-9-23-44)54-28-14-17-31-57(54)64/h1-40H/i1D,4D,5D,18D,19D. The summed E-state index contributed by atoms with van der Waals surface area (Å²) in [6, 6.07) is 74.9. The zero-order valence-corrected chi connectivity index (χ0v) is 36.3. The van der Waals surface area contributed by atoms with Crippen LogP contribution in [0.3, 0.4) is 0 Å². The molecule has 0 N–H and O–H groups in total. The predicted octanol–water partition coefficient (Wildman–Crippen LogP) is 17.3. The molecular weight excluding hydrogens is 817 g/mol. The minimum atomic E-state index is -0.565. The molecule has 66 heavy (non-hydrogen) atoms. The van der Waals surface area contributed by atoms with Gasteiger partial charge in [0, 0.05) is 53.1 Å². The van der Waals surface area contributed by atoms with Crippen LogP contribution >= 0.6 is 11.3 Å². The highest BCUT2D eigenvalue weighted by molar-refractivity contribution is 7.27. The van der Waals surface area contributed by atoms with Gasteiger partial charge in [-0.05, 0) is 92.7 Å². The minimum absolute atomic E-state index is 0.190. The predicted molar refractivity (Wildman–Crippen MR) is 281 cm³/mol. The molecule has 13 aromatic rings. The van der Waals surface area contributed by atoms with Crippen molar-refractivity contribution in [2.45, 2.75) is 5.41 Å². The van der Waals surface area contributed by atoms with Crippen LogP contribution < -0.4 is 4.90 Å². The molecule has 1 aliphatic heterocycles. The summed E-state index contributed by atoms with van der Waals surface area (Å²) in [4.78, 5) is 2.46. The van der Waals surface area contributed by atoms with E-state index in [9.17, 15) is 0 Å². The first-order valence-corrected chi connectivity index (χ1v) is 23.2. The second-order valence-electron chi connectivity index (χ2n) is 17.2. The molecule has 3 heteroatoms. The Bertz CT molecular complexity index is 4230. The van der Waals surface area contributed by atoms with Crippen LogP contribution in [0.4, 0.5) is 17.1 Å². The first-order valence-electron chi connectivity index (χ1n) is 24.9. The molecule has 11 aromatic carbocycles. The summed E-state index contributed by atoms with van der Waals surface area (Å²) in [6.45, 7) is 0. The van der Waals surface area contributed by atoms with Crippen LogP contribution in [0.1, 0.15) is 29.1 Å². The monoisotopic (exact) mass is 861 g/mol. The van der Waals surface area contributed by atoms with E-state index in [0.29, 0.717) is 5.56 Å². The molecule has 2 aromatic heterocycles. The van der Waals surface area contributed by atoms with Crippen LogP contribution in [-0.4, -0.2) is 4.57 Å². The number of nitrogens with zero attached hydrogens (tertiary/aromatic N) is 2. The Morgan fingerprint density at radius 2 is 0.985 bits per heavy atom. The van der Waals surface area contributed by atoms with E-state index >= 15 is 0 Å². The van der Waals surface area contributed by atoms with Crippen LogP contribution in [0.15, 0.2) is 243 Å². The number of rotatable bonds is 5. The van der Waals surface area contributed by atoms with Crippen molar-refractivity contribution in [2.75, 3.05) is 4.90 Å². The summed E-state index contributed by atoms with van der Waals surface area (Å²) in [6.07, 6.45) is 0. The lowest BCUT2D eigenvalue weighted by Crippen LogP contribution is -2.37. The maximum atomic E-state index is 8.70. The largest absolute Gasteiger partial charge is 0.310 e. The Hall–Kier alpha value is -8.24. The maximum absolute atomic E-state index is 8.70. The van der Waals surface area contributed by atoms with Crippen molar-refractivity contribution >= 4 is 91.9 Å². The van der Waals surface area contributed by atoms with Crippen LogP contribution in [0, 0.1) is 0 Å². The molecule has 0 amide bonds. The fourth-order valence-corrected chi connectivity index (χ4v) is 12.5. The number of aromatic nitrogens is 1. The van der Waals surface area contributed by atoms with Gasteiger partial charge in [-0.3, -0.25) is 0 Å². The summed E-state index contributed by atoms with van der Waals surface area (Å²) < 4.78 is 47.0. The zero-order valence-electron chi connectivity index (χ0n) is 40.5. The van der Waals surface area contributed by atoms with Gasteiger partial charge in [0.05, 0.1) is 34.7 Å². The second kappa shape index (κ2) is 14.4. The first kappa shape index (κ1) is 32.4. The van der Waals surface area contributed by atoms with Gasteiger partial charge in [-0.2, -0.15) is 0 Å². The van der Waals surface area contributed by atoms with Crippen molar-refractivity contribution in [2.24, 2.45) is 0 Å². The third kappa shape index (κ3) is 5.17. The molecule has 2 nitrogen and oxygen atoms in total. The topological polar surface area (TPSA) is 8.17 Å². The van der Waals surface area contributed by atoms with Crippen LogP contribution in [0.5, 0.6) is 0 Å². The van der Waals surface area contributed by atoms with Gasteiger partial charge in [0.15, 0.2) is 0 Å². The van der Waals surface area contributed by atoms with Crippen LogP contribution in [0.25, 0.3) is 80.3 Å². The van der Waals surface area contributed by atoms with Crippen molar-refractivity contribution in [1.82, 2.24) is 4.57 Å². The lowest BCUT2D eigenvalue weighted by molar-refractivity contribution is 0.731. The van der Waals surface area contributed by atoms with Gasteiger partial charge in [0.2, 0.25) is 0 Å². The minimum Gasteiger partial charge on any atom is -0.310 e. The molecule has 308 valence electrons. The molecule has 0 bridgehead atoms. The Morgan fingerprint density at radius 1 is 0.409 bits per heavy atom. The van der Waals surface area contributed by atoms with Crippen molar-refractivity contribution in [3.63, 3.8) is 0 Å². The smallest absolute Gasteiger partial charge is 0.0742 e. The van der Waals surface area contributed by atoms with E-state index in [1.165, 1.54) is 58.6 Å². The SMILES string of the molecule is [2H]c1c([2H])c([2H])c(-c2ccc(-n3c4ccccc4c4ccc5c6c7cc(N8c9ccccc9C(c9ccccc9)(c9ccccc9)c9ccccc98)ccc7sc6c6ccccc6c5c43)cc2)c([2H])c1[2H]. The van der Waals surface area contributed by atoms with E-state index in [2.05, 4.69) is 198 Å². The summed E-state index contributed by atoms with van der Waals surface area (Å²) in [7, 11) is 0. The Morgan fingerprint density at radius 3 is 1.68 bits per heavy atom. The number of para-hydroxylation sites is 3. The van der Waals surface area contributed by atoms with Gasteiger partial charge in [-0.25, -0.2) is 0 Å². The number of benzene rings is 11. The number of hydrogen-bond donors (Lipinski definition) is 0. The summed E-state index contributed by atoms with van der Waals surface area (Å²) in [5, 5.41) is 9.37. The van der Waals surface area contributed by atoms with Crippen molar-refractivity contribution in [3.05, 3.63) is 265 Å². The highest BCUT2D eigenvalue weighted by Crippen LogP contribution is 2.58. The van der Waals surface area contributed by atoms with Crippen molar-refractivity contribution in [1.29, 1.82) is 0 Å². The van der Waals surface area contributed by atoms with E-state index in [1.54, 1.807) is 0 Å². The van der Waals surface area contributed by atoms with E-state index < -0.39 is 11.5 Å². The van der Waals surface area contributed by atoms with Crippen LogP contribution in [0.2, 0.25) is 0 Å². The fourth-order valence-electron chi connectivity index (χ4n) is 11.2. The Kier molecular flexibility index (Phi) is 7.07. The summed E-state index contributed by atoms with van der Waals surface area (Å²) >= 11 is 1.85. The summed E-state index contributed by atoms with van der Waals surface area (Å²) in [5.74, 6) is 0. The number of hydrogen-bond acceptors (Lipinski definition) is 2. The van der Waals surface area contributed by atoms with E-state index in [0.717, 1.165) is 49.9 Å². The molecule has 0 aliphatic carbocycles. The third-order valence-electron chi connectivity index (χ3n) is 13.9. The molecule has 0 saturated carbocycles. The molecule has 14 rings (SSSR count). The lowest BCUT2D eigenvalue weighted by Gasteiger charge is -2.46. The molecule has 3 heterocycles. The van der Waals surface area contributed by atoms with Crippen LogP contribution in [-0.2, 0) is 5.41 Å². The van der Waals surface area contributed by atoms with E-state index in [-0.39, 0.29) is 29.7 Å². The molecule has 0 saturated heterocycles. The molecule has 0 fully saturated rings. The molecular formula is C63H40N2S. The third-order valence-corrected chi connectivity index (χ3v) is 15.1.